The van der Waals surface area contributed by atoms with E-state index in [1.165, 1.54) is 16.2 Å². The first-order chi connectivity index (χ1) is 13.0. The average Bonchev–Trinajstić information content (AvgIpc) is 3.08. The molecule has 27 heavy (non-hydrogen) atoms. The van der Waals surface area contributed by atoms with Crippen molar-refractivity contribution in [2.75, 3.05) is 7.05 Å². The van der Waals surface area contributed by atoms with Gasteiger partial charge in [-0.25, -0.2) is 12.4 Å². The molecule has 140 valence electrons. The predicted octanol–water partition coefficient (Wildman–Crippen LogP) is 4.03. The number of nitrogens with zero attached hydrogens (tertiary/aromatic N) is 2. The second-order valence-corrected chi connectivity index (χ2v) is 8.37. The van der Waals surface area contributed by atoms with E-state index in [1.807, 2.05) is 25.2 Å². The van der Waals surface area contributed by atoms with E-state index in [1.54, 1.807) is 36.7 Å². The molecule has 0 aliphatic rings. The molecule has 0 amide bonds. The SMILES string of the molecule is C=CC(c1cccnc1)S(=O)(=O)n1cc(CNC)cc1-c1ccccc1Cl. The van der Waals surface area contributed by atoms with Crippen LogP contribution in [0.4, 0.5) is 0 Å². The van der Waals surface area contributed by atoms with Crippen LogP contribution >= 0.6 is 11.6 Å². The summed E-state index contributed by atoms with van der Waals surface area (Å²) >= 11 is 6.34. The monoisotopic (exact) mass is 401 g/mol. The number of benzene rings is 1. The van der Waals surface area contributed by atoms with Gasteiger partial charge < -0.3 is 5.32 Å². The van der Waals surface area contributed by atoms with E-state index < -0.39 is 15.3 Å². The topological polar surface area (TPSA) is 64.0 Å². The summed E-state index contributed by atoms with van der Waals surface area (Å²) in [6.07, 6.45) is 6.18. The van der Waals surface area contributed by atoms with Crippen LogP contribution in [0.15, 0.2) is 73.7 Å². The van der Waals surface area contributed by atoms with Gasteiger partial charge in [0.25, 0.3) is 0 Å². The third-order valence-corrected chi connectivity index (χ3v) is 6.48. The zero-order valence-electron chi connectivity index (χ0n) is 14.8. The van der Waals surface area contributed by atoms with E-state index in [0.717, 1.165) is 5.56 Å². The third-order valence-electron chi connectivity index (χ3n) is 4.20. The molecule has 2 heterocycles. The summed E-state index contributed by atoms with van der Waals surface area (Å²) in [5, 5.41) is 2.60. The van der Waals surface area contributed by atoms with Crippen molar-refractivity contribution < 1.29 is 8.42 Å². The molecule has 0 radical (unpaired) electrons. The largest absolute Gasteiger partial charge is 0.316 e. The van der Waals surface area contributed by atoms with Gasteiger partial charge in [0.2, 0.25) is 10.0 Å². The van der Waals surface area contributed by atoms with Crippen molar-refractivity contribution in [2.45, 2.75) is 11.8 Å². The highest BCUT2D eigenvalue weighted by atomic mass is 35.5. The minimum Gasteiger partial charge on any atom is -0.316 e. The highest BCUT2D eigenvalue weighted by molar-refractivity contribution is 7.90. The van der Waals surface area contributed by atoms with E-state index in [-0.39, 0.29) is 0 Å². The molecule has 3 aromatic rings. The molecule has 0 saturated heterocycles. The number of pyridine rings is 1. The Kier molecular flexibility index (Phi) is 5.79. The molecule has 3 rings (SSSR count). The maximum atomic E-state index is 13.5. The second-order valence-electron chi connectivity index (χ2n) is 6.03. The fourth-order valence-electron chi connectivity index (χ4n) is 2.97. The summed E-state index contributed by atoms with van der Waals surface area (Å²) in [5.41, 5.74) is 2.56. The smallest absolute Gasteiger partial charge is 0.249 e. The molecule has 5 nitrogen and oxygen atoms in total. The van der Waals surface area contributed by atoms with Gasteiger partial charge in [0.05, 0.1) is 5.69 Å². The van der Waals surface area contributed by atoms with Gasteiger partial charge in [-0.15, -0.1) is 6.58 Å². The predicted molar refractivity (Wildman–Crippen MR) is 109 cm³/mol. The Morgan fingerprint density at radius 2 is 2.07 bits per heavy atom. The quantitative estimate of drug-likeness (QED) is 0.607. The summed E-state index contributed by atoms with van der Waals surface area (Å²) in [5.74, 6) is 0. The van der Waals surface area contributed by atoms with Crippen LogP contribution in [0.25, 0.3) is 11.3 Å². The molecule has 7 heteroatoms. The Hall–Kier alpha value is -2.41. The second kappa shape index (κ2) is 8.08. The molecular weight excluding hydrogens is 382 g/mol. The molecule has 0 aliphatic carbocycles. The standard InChI is InChI=1S/C20H20ClN3O2S/c1-3-20(16-7-6-10-23-13-16)27(25,26)24-14-15(12-22-2)11-19(24)17-8-4-5-9-18(17)21/h3-11,13-14,20,22H,1,12H2,2H3. The first kappa shape index (κ1) is 19.4. The normalized spacial score (nSPS) is 12.7. The fourth-order valence-corrected chi connectivity index (χ4v) is 4.88. The zero-order chi connectivity index (χ0) is 19.4. The minimum absolute atomic E-state index is 0.486. The van der Waals surface area contributed by atoms with Crippen LogP contribution in [-0.4, -0.2) is 24.4 Å². The number of rotatable bonds is 7. The number of nitrogens with one attached hydrogen (secondary N) is 1. The summed E-state index contributed by atoms with van der Waals surface area (Å²) in [4.78, 5) is 4.04. The van der Waals surface area contributed by atoms with Crippen LogP contribution in [0.5, 0.6) is 0 Å². The Balaban J connectivity index is 2.20. The minimum atomic E-state index is -3.83. The molecule has 1 atom stereocenters. The van der Waals surface area contributed by atoms with Crippen LogP contribution < -0.4 is 5.32 Å². The van der Waals surface area contributed by atoms with Crippen molar-refractivity contribution in [3.8, 4) is 11.3 Å². The van der Waals surface area contributed by atoms with Crippen LogP contribution in [0.1, 0.15) is 16.4 Å². The van der Waals surface area contributed by atoms with E-state index >= 15 is 0 Å². The molecule has 1 unspecified atom stereocenters. The van der Waals surface area contributed by atoms with Crippen LogP contribution in [0, 0.1) is 0 Å². The summed E-state index contributed by atoms with van der Waals surface area (Å²) < 4.78 is 28.3. The Bertz CT molecular complexity index is 1050. The zero-order valence-corrected chi connectivity index (χ0v) is 16.4. The summed E-state index contributed by atoms with van der Waals surface area (Å²) in [6.45, 7) is 4.27. The molecule has 1 aromatic carbocycles. The van der Waals surface area contributed by atoms with E-state index in [0.29, 0.717) is 28.4 Å². The Morgan fingerprint density at radius 3 is 2.70 bits per heavy atom. The van der Waals surface area contributed by atoms with E-state index in [9.17, 15) is 8.42 Å². The maximum Gasteiger partial charge on any atom is 0.249 e. The summed E-state index contributed by atoms with van der Waals surface area (Å²) in [7, 11) is -2.02. The molecule has 0 aliphatic heterocycles. The molecular formula is C20H20ClN3O2S. The van der Waals surface area contributed by atoms with Gasteiger partial charge in [-0.05, 0) is 36.4 Å². The number of hydrogen-bond donors (Lipinski definition) is 1. The molecule has 0 saturated carbocycles. The number of hydrogen-bond acceptors (Lipinski definition) is 4. The lowest BCUT2D eigenvalue weighted by atomic mass is 10.1. The van der Waals surface area contributed by atoms with Crippen molar-refractivity contribution >= 4 is 21.6 Å². The number of aromatic nitrogens is 2. The molecule has 2 aromatic heterocycles. The van der Waals surface area contributed by atoms with Gasteiger partial charge in [-0.1, -0.05) is 41.9 Å². The van der Waals surface area contributed by atoms with Crippen LogP contribution in [-0.2, 0) is 16.6 Å². The highest BCUT2D eigenvalue weighted by Crippen LogP contribution is 2.34. The van der Waals surface area contributed by atoms with Crippen molar-refractivity contribution in [3.05, 3.63) is 89.9 Å². The van der Waals surface area contributed by atoms with Crippen molar-refractivity contribution in [1.82, 2.24) is 14.3 Å². The van der Waals surface area contributed by atoms with Gasteiger partial charge in [-0.2, -0.15) is 0 Å². The number of halogens is 1. The lowest BCUT2D eigenvalue weighted by Crippen LogP contribution is -2.20. The van der Waals surface area contributed by atoms with Crippen LogP contribution in [0.2, 0.25) is 5.02 Å². The molecule has 0 spiro atoms. The Morgan fingerprint density at radius 1 is 1.30 bits per heavy atom. The van der Waals surface area contributed by atoms with Crippen LogP contribution in [0.3, 0.4) is 0 Å². The molecule has 0 fully saturated rings. The maximum absolute atomic E-state index is 13.5. The van der Waals surface area contributed by atoms with Gasteiger partial charge in [0.1, 0.15) is 5.25 Å². The Labute approximate surface area is 164 Å². The van der Waals surface area contributed by atoms with E-state index in [4.69, 9.17) is 11.6 Å². The van der Waals surface area contributed by atoms with Crippen molar-refractivity contribution in [2.24, 2.45) is 0 Å². The van der Waals surface area contributed by atoms with Crippen molar-refractivity contribution in [1.29, 1.82) is 0 Å². The summed E-state index contributed by atoms with van der Waals surface area (Å²) in [6, 6.07) is 12.4. The average molecular weight is 402 g/mol. The third kappa shape index (κ3) is 3.83. The first-order valence-corrected chi connectivity index (χ1v) is 10.2. The van der Waals surface area contributed by atoms with Gasteiger partial charge in [0.15, 0.2) is 0 Å². The first-order valence-electron chi connectivity index (χ1n) is 8.36. The lowest BCUT2D eigenvalue weighted by molar-refractivity contribution is 0.581. The molecule has 1 N–H and O–H groups in total. The van der Waals surface area contributed by atoms with E-state index in [2.05, 4.69) is 16.9 Å². The van der Waals surface area contributed by atoms with Gasteiger partial charge in [0, 0.05) is 35.7 Å². The molecule has 0 bridgehead atoms. The fraction of sp³-hybridized carbons (Fsp3) is 0.150. The van der Waals surface area contributed by atoms with Gasteiger partial charge in [-0.3, -0.25) is 4.98 Å². The van der Waals surface area contributed by atoms with Crippen molar-refractivity contribution in [3.63, 3.8) is 0 Å². The van der Waals surface area contributed by atoms with Gasteiger partial charge >= 0.3 is 0 Å². The highest BCUT2D eigenvalue weighted by Gasteiger charge is 2.29. The lowest BCUT2D eigenvalue weighted by Gasteiger charge is -2.17.